The fraction of sp³-hybridized carbons (Fsp3) is 0.467. The van der Waals surface area contributed by atoms with Crippen molar-refractivity contribution in [2.45, 2.75) is 33.6 Å². The van der Waals surface area contributed by atoms with Crippen LogP contribution in [0.3, 0.4) is 0 Å². The van der Waals surface area contributed by atoms with Crippen LogP contribution in [-0.4, -0.2) is 18.1 Å². The predicted octanol–water partition coefficient (Wildman–Crippen LogP) is 3.77. The van der Waals surface area contributed by atoms with Crippen LogP contribution in [0.1, 0.15) is 37.8 Å². The maximum atomic E-state index is 13.2. The van der Waals surface area contributed by atoms with Gasteiger partial charge in [-0.05, 0) is 49.4 Å². The summed E-state index contributed by atoms with van der Waals surface area (Å²) in [6.45, 7) is 6.87. The Labute approximate surface area is 108 Å². The summed E-state index contributed by atoms with van der Waals surface area (Å²) in [4.78, 5) is 8.97. The van der Waals surface area contributed by atoms with Gasteiger partial charge in [-0.2, -0.15) is 0 Å². The highest BCUT2D eigenvalue weighted by atomic mass is 19.1. The van der Waals surface area contributed by atoms with Crippen molar-refractivity contribution < 1.29 is 4.39 Å². The van der Waals surface area contributed by atoms with Crippen molar-refractivity contribution in [2.75, 3.05) is 6.54 Å². The van der Waals surface area contributed by atoms with E-state index >= 15 is 0 Å². The maximum absolute atomic E-state index is 13.2. The summed E-state index contributed by atoms with van der Waals surface area (Å²) in [7, 11) is 0. The second kappa shape index (κ2) is 5.42. The minimum absolute atomic E-state index is 0.179. The quantitative estimate of drug-likeness (QED) is 0.772. The summed E-state index contributed by atoms with van der Waals surface area (Å²) in [6.07, 6.45) is 2.15. The Morgan fingerprint density at radius 1 is 1.33 bits per heavy atom. The molecule has 0 aromatic heterocycles. The van der Waals surface area contributed by atoms with Crippen LogP contribution < -0.4 is 0 Å². The van der Waals surface area contributed by atoms with Crippen LogP contribution in [0, 0.1) is 18.7 Å². The molecule has 96 valence electrons. The third-order valence-electron chi connectivity index (χ3n) is 3.10. The van der Waals surface area contributed by atoms with Crippen molar-refractivity contribution in [3.8, 4) is 0 Å². The van der Waals surface area contributed by atoms with Crippen LogP contribution in [-0.2, 0) is 0 Å². The minimum Gasteiger partial charge on any atom is -0.260 e. The van der Waals surface area contributed by atoms with Gasteiger partial charge >= 0.3 is 0 Å². The lowest BCUT2D eigenvalue weighted by atomic mass is 10.1. The van der Waals surface area contributed by atoms with Crippen molar-refractivity contribution in [1.82, 2.24) is 0 Å². The van der Waals surface area contributed by atoms with E-state index in [4.69, 9.17) is 0 Å². The van der Waals surface area contributed by atoms with Crippen LogP contribution in [0.25, 0.3) is 0 Å². The molecule has 3 heteroatoms. The van der Waals surface area contributed by atoms with E-state index in [0.717, 1.165) is 30.0 Å². The Bertz CT molecular complexity index is 501. The Balaban J connectivity index is 2.08. The van der Waals surface area contributed by atoms with Crippen molar-refractivity contribution >= 4 is 11.5 Å². The van der Waals surface area contributed by atoms with Gasteiger partial charge in [0.2, 0.25) is 0 Å². The molecule has 2 rings (SSSR count). The molecule has 18 heavy (non-hydrogen) atoms. The lowest BCUT2D eigenvalue weighted by molar-refractivity contribution is 0.602. The van der Waals surface area contributed by atoms with Crippen LogP contribution in [0.2, 0.25) is 0 Å². The highest BCUT2D eigenvalue weighted by molar-refractivity contribution is 6.11. The number of halogens is 1. The van der Waals surface area contributed by atoms with Gasteiger partial charge in [0.1, 0.15) is 5.82 Å². The number of nitrogens with zero attached hydrogens (tertiary/aromatic N) is 2. The summed E-state index contributed by atoms with van der Waals surface area (Å²) >= 11 is 0. The summed E-state index contributed by atoms with van der Waals surface area (Å²) < 4.78 is 13.2. The molecule has 0 N–H and O–H groups in total. The van der Waals surface area contributed by atoms with Gasteiger partial charge in [0.25, 0.3) is 0 Å². The van der Waals surface area contributed by atoms with E-state index in [1.807, 2.05) is 6.07 Å². The summed E-state index contributed by atoms with van der Waals surface area (Å²) in [5.41, 5.74) is 2.69. The fourth-order valence-electron chi connectivity index (χ4n) is 1.92. The van der Waals surface area contributed by atoms with E-state index in [1.165, 1.54) is 6.07 Å². The molecule has 0 bridgehead atoms. The molecule has 1 aliphatic heterocycles. The zero-order chi connectivity index (χ0) is 13.1. The molecule has 0 saturated carbocycles. The fourth-order valence-corrected chi connectivity index (χ4v) is 1.92. The van der Waals surface area contributed by atoms with Crippen molar-refractivity contribution in [2.24, 2.45) is 15.9 Å². The van der Waals surface area contributed by atoms with Gasteiger partial charge in [-0.3, -0.25) is 4.99 Å². The summed E-state index contributed by atoms with van der Waals surface area (Å²) in [5, 5.41) is 0. The first kappa shape index (κ1) is 12.9. The Hall–Kier alpha value is -1.51. The van der Waals surface area contributed by atoms with Gasteiger partial charge in [-0.1, -0.05) is 13.8 Å². The molecule has 0 saturated heterocycles. The molecule has 1 aliphatic rings. The normalized spacial score (nSPS) is 14.9. The lowest BCUT2D eigenvalue weighted by Gasteiger charge is -2.03. The highest BCUT2D eigenvalue weighted by Crippen LogP contribution is 2.15. The Morgan fingerprint density at radius 3 is 2.78 bits per heavy atom. The average Bonchev–Trinajstić information content (AvgIpc) is 2.79. The largest absolute Gasteiger partial charge is 0.260 e. The number of aryl methyl sites for hydroxylation is 1. The second-order valence-electron chi connectivity index (χ2n) is 5.21. The smallest absolute Gasteiger partial charge is 0.154 e. The lowest BCUT2D eigenvalue weighted by Crippen LogP contribution is -2.01. The number of hydrogen-bond donors (Lipinski definition) is 0. The number of rotatable bonds is 4. The average molecular weight is 246 g/mol. The Kier molecular flexibility index (Phi) is 3.90. The molecule has 0 fully saturated rings. The molecule has 0 atom stereocenters. The van der Waals surface area contributed by atoms with Gasteiger partial charge in [0.05, 0.1) is 6.54 Å². The third-order valence-corrected chi connectivity index (χ3v) is 3.10. The second-order valence-corrected chi connectivity index (χ2v) is 5.21. The van der Waals surface area contributed by atoms with E-state index < -0.39 is 0 Å². The summed E-state index contributed by atoms with van der Waals surface area (Å²) in [6, 6.07) is 5.04. The summed E-state index contributed by atoms with van der Waals surface area (Å²) in [5.74, 6) is 1.25. The zero-order valence-electron chi connectivity index (χ0n) is 11.2. The third kappa shape index (κ3) is 3.03. The molecule has 0 spiro atoms. The van der Waals surface area contributed by atoms with Crippen LogP contribution >= 0.6 is 0 Å². The minimum atomic E-state index is -0.179. The van der Waals surface area contributed by atoms with Gasteiger partial charge < -0.3 is 0 Å². The van der Waals surface area contributed by atoms with Crippen LogP contribution in [0.15, 0.2) is 28.2 Å². The van der Waals surface area contributed by atoms with E-state index in [-0.39, 0.29) is 5.82 Å². The molecule has 1 heterocycles. The number of benzene rings is 1. The van der Waals surface area contributed by atoms with Crippen molar-refractivity contribution in [3.63, 3.8) is 0 Å². The van der Waals surface area contributed by atoms with E-state index in [0.29, 0.717) is 18.0 Å². The van der Waals surface area contributed by atoms with Gasteiger partial charge in [-0.15, -0.1) is 0 Å². The molecule has 2 nitrogen and oxygen atoms in total. The van der Waals surface area contributed by atoms with E-state index in [2.05, 4.69) is 23.8 Å². The van der Waals surface area contributed by atoms with Crippen LogP contribution in [0.5, 0.6) is 0 Å². The molecule has 0 amide bonds. The number of aliphatic imine (C=N–C) groups is 2. The first-order chi connectivity index (χ1) is 8.56. The van der Waals surface area contributed by atoms with Crippen molar-refractivity contribution in [1.29, 1.82) is 0 Å². The monoisotopic (exact) mass is 246 g/mol. The highest BCUT2D eigenvalue weighted by Gasteiger charge is 2.13. The van der Waals surface area contributed by atoms with Gasteiger partial charge in [0, 0.05) is 11.3 Å². The molecular weight excluding hydrogens is 227 g/mol. The molecule has 0 aliphatic carbocycles. The van der Waals surface area contributed by atoms with Gasteiger partial charge in [0.15, 0.2) is 5.84 Å². The van der Waals surface area contributed by atoms with Crippen molar-refractivity contribution in [3.05, 3.63) is 35.1 Å². The standard InChI is InChI=1S/C15H19FN2/c1-10(2)4-6-13-9-17-15(18-13)12-5-7-14(16)11(3)8-12/h5,7-8,10H,4,6,9H2,1-3H3. The Morgan fingerprint density at radius 2 is 2.11 bits per heavy atom. The van der Waals surface area contributed by atoms with E-state index in [1.54, 1.807) is 13.0 Å². The van der Waals surface area contributed by atoms with E-state index in [9.17, 15) is 4.39 Å². The van der Waals surface area contributed by atoms with Crippen LogP contribution in [0.4, 0.5) is 4.39 Å². The molecule has 0 radical (unpaired) electrons. The molecule has 1 aromatic carbocycles. The predicted molar refractivity (Wildman–Crippen MR) is 74.0 cm³/mol. The first-order valence-corrected chi connectivity index (χ1v) is 6.43. The SMILES string of the molecule is Cc1cc(C2=NCC(CCC(C)C)=N2)ccc1F. The zero-order valence-corrected chi connectivity index (χ0v) is 11.2. The topological polar surface area (TPSA) is 24.7 Å². The number of hydrogen-bond acceptors (Lipinski definition) is 2. The molecular formula is C15H19FN2. The maximum Gasteiger partial charge on any atom is 0.154 e. The molecule has 1 aromatic rings. The number of amidine groups is 1. The van der Waals surface area contributed by atoms with Gasteiger partial charge in [-0.25, -0.2) is 9.38 Å². The first-order valence-electron chi connectivity index (χ1n) is 6.43. The molecule has 0 unspecified atom stereocenters.